The number of aromatic nitrogens is 2. The Bertz CT molecular complexity index is 1380. The number of nitrogens with one attached hydrogen (secondary N) is 1. The summed E-state index contributed by atoms with van der Waals surface area (Å²) in [6.07, 6.45) is -1.76. The van der Waals surface area contributed by atoms with Crippen LogP contribution in [-0.2, 0) is 9.53 Å². The molecule has 1 aliphatic carbocycles. The molecule has 1 saturated carbocycles. The maximum absolute atomic E-state index is 13.3. The molecule has 1 amide bonds. The number of amides is 1. The Labute approximate surface area is 237 Å². The van der Waals surface area contributed by atoms with E-state index in [2.05, 4.69) is 35.4 Å². The van der Waals surface area contributed by atoms with Crippen molar-refractivity contribution in [2.24, 2.45) is 11.3 Å². The van der Waals surface area contributed by atoms with Crippen LogP contribution in [0.1, 0.15) is 69.8 Å². The number of fused-ring (bicyclic) bond motifs is 1. The maximum Gasteiger partial charge on any atom is 0.573 e. The number of carbonyl (C=O) groups is 2. The molecule has 41 heavy (non-hydrogen) atoms. The highest BCUT2D eigenvalue weighted by Crippen LogP contribution is 2.46. The number of rotatable bonds is 9. The van der Waals surface area contributed by atoms with E-state index < -0.39 is 6.36 Å². The Balaban J connectivity index is 1.68. The second-order valence-electron chi connectivity index (χ2n) is 11.6. The molecule has 8 nitrogen and oxygen atoms in total. The summed E-state index contributed by atoms with van der Waals surface area (Å²) in [6.45, 7) is 8.97. The molecule has 0 saturated heterocycles. The van der Waals surface area contributed by atoms with E-state index in [4.69, 9.17) is 9.72 Å². The van der Waals surface area contributed by atoms with E-state index in [9.17, 15) is 22.8 Å². The fourth-order valence-electron chi connectivity index (χ4n) is 5.86. The number of nitrogens with zero attached hydrogens (tertiary/aromatic N) is 3. The quantitative estimate of drug-likeness (QED) is 0.275. The molecule has 0 radical (unpaired) electrons. The number of alkyl halides is 3. The summed E-state index contributed by atoms with van der Waals surface area (Å²) in [4.78, 5) is 31.4. The summed E-state index contributed by atoms with van der Waals surface area (Å²) in [7, 11) is 1.65. The number of anilines is 2. The molecule has 1 fully saturated rings. The van der Waals surface area contributed by atoms with Gasteiger partial charge in [0.05, 0.1) is 24.1 Å². The summed E-state index contributed by atoms with van der Waals surface area (Å²) in [5.74, 6) is 0.112. The third-order valence-corrected chi connectivity index (χ3v) is 7.31. The van der Waals surface area contributed by atoms with Crippen LogP contribution in [0, 0.1) is 11.3 Å². The van der Waals surface area contributed by atoms with E-state index in [0.29, 0.717) is 28.6 Å². The first kappa shape index (κ1) is 30.2. The second kappa shape index (κ2) is 12.0. The molecule has 1 N–H and O–H groups in total. The standard InChI is InChI=1S/C30H37F3N4O4/c1-6-40-26(38)13-14-36(5)27(39)20-7-12-24-25(16-20)37(22-15-19(2)17-29(3,4)18-22)28(35-24)34-21-8-10-23(11-9-21)41-30(31,32)33/h7-12,16,19,22H,6,13-15,17-18H2,1-5H3,(H,34,35). The minimum atomic E-state index is -4.77. The predicted octanol–water partition coefficient (Wildman–Crippen LogP) is 7.09. The van der Waals surface area contributed by atoms with Crippen molar-refractivity contribution in [3.8, 4) is 5.75 Å². The molecule has 222 valence electrons. The Kier molecular flexibility index (Phi) is 8.84. The van der Waals surface area contributed by atoms with Gasteiger partial charge in [-0.05, 0) is 80.0 Å². The molecule has 4 rings (SSSR count). The van der Waals surface area contributed by atoms with Crippen molar-refractivity contribution in [2.75, 3.05) is 25.5 Å². The van der Waals surface area contributed by atoms with Gasteiger partial charge in [0.1, 0.15) is 5.75 Å². The van der Waals surface area contributed by atoms with Gasteiger partial charge in [-0.2, -0.15) is 0 Å². The summed E-state index contributed by atoms with van der Waals surface area (Å²) in [6, 6.07) is 10.9. The van der Waals surface area contributed by atoms with Gasteiger partial charge in [-0.25, -0.2) is 4.98 Å². The van der Waals surface area contributed by atoms with Crippen LogP contribution in [0.25, 0.3) is 11.0 Å². The van der Waals surface area contributed by atoms with Crippen molar-refractivity contribution in [2.45, 2.75) is 65.8 Å². The molecular formula is C30H37F3N4O4. The number of hydrogen-bond acceptors (Lipinski definition) is 6. The van der Waals surface area contributed by atoms with Gasteiger partial charge in [0, 0.05) is 30.9 Å². The Morgan fingerprint density at radius 2 is 1.85 bits per heavy atom. The van der Waals surface area contributed by atoms with Crippen LogP contribution in [0.4, 0.5) is 24.8 Å². The van der Waals surface area contributed by atoms with Crippen LogP contribution in [0.2, 0.25) is 0 Å². The lowest BCUT2D eigenvalue weighted by Crippen LogP contribution is -2.30. The number of carbonyl (C=O) groups excluding carboxylic acids is 2. The lowest BCUT2D eigenvalue weighted by molar-refractivity contribution is -0.274. The van der Waals surface area contributed by atoms with E-state index in [1.54, 1.807) is 26.1 Å². The van der Waals surface area contributed by atoms with Gasteiger partial charge in [-0.15, -0.1) is 13.2 Å². The number of halogens is 3. The number of benzene rings is 2. The van der Waals surface area contributed by atoms with E-state index >= 15 is 0 Å². The molecule has 2 atom stereocenters. The molecule has 1 heterocycles. The number of hydrogen-bond donors (Lipinski definition) is 1. The fraction of sp³-hybridized carbons (Fsp3) is 0.500. The van der Waals surface area contributed by atoms with Crippen LogP contribution in [0.3, 0.4) is 0 Å². The fourth-order valence-corrected chi connectivity index (χ4v) is 5.86. The summed E-state index contributed by atoms with van der Waals surface area (Å²) < 4.78 is 48.9. The van der Waals surface area contributed by atoms with Crippen molar-refractivity contribution in [1.82, 2.24) is 14.5 Å². The molecule has 11 heteroatoms. The second-order valence-corrected chi connectivity index (χ2v) is 11.6. The van der Waals surface area contributed by atoms with Gasteiger partial charge >= 0.3 is 12.3 Å². The zero-order valence-electron chi connectivity index (χ0n) is 24.0. The molecule has 2 unspecified atom stereocenters. The molecule has 0 bridgehead atoms. The van der Waals surface area contributed by atoms with Crippen molar-refractivity contribution >= 4 is 34.5 Å². The smallest absolute Gasteiger partial charge is 0.466 e. The highest BCUT2D eigenvalue weighted by atomic mass is 19.4. The first-order valence-corrected chi connectivity index (χ1v) is 13.8. The van der Waals surface area contributed by atoms with Gasteiger partial charge in [-0.1, -0.05) is 20.8 Å². The minimum absolute atomic E-state index is 0.0842. The van der Waals surface area contributed by atoms with Crippen molar-refractivity contribution in [1.29, 1.82) is 0 Å². The largest absolute Gasteiger partial charge is 0.573 e. The van der Waals surface area contributed by atoms with Gasteiger partial charge in [0.2, 0.25) is 5.95 Å². The van der Waals surface area contributed by atoms with E-state index in [1.165, 1.54) is 29.2 Å². The van der Waals surface area contributed by atoms with Crippen molar-refractivity contribution in [3.05, 3.63) is 48.0 Å². The molecule has 0 spiro atoms. The monoisotopic (exact) mass is 574 g/mol. The Morgan fingerprint density at radius 3 is 2.49 bits per heavy atom. The normalized spacial score (nSPS) is 18.6. The topological polar surface area (TPSA) is 85.7 Å². The van der Waals surface area contributed by atoms with E-state index in [0.717, 1.165) is 24.8 Å². The molecule has 1 aliphatic rings. The Hall–Kier alpha value is -3.76. The molecule has 1 aromatic heterocycles. The average molecular weight is 575 g/mol. The minimum Gasteiger partial charge on any atom is -0.466 e. The molecule has 2 aromatic carbocycles. The Morgan fingerprint density at radius 1 is 1.15 bits per heavy atom. The van der Waals surface area contributed by atoms with E-state index in [-0.39, 0.29) is 48.7 Å². The first-order valence-electron chi connectivity index (χ1n) is 13.8. The average Bonchev–Trinajstić information content (AvgIpc) is 3.23. The predicted molar refractivity (Wildman–Crippen MR) is 150 cm³/mol. The van der Waals surface area contributed by atoms with Crippen LogP contribution in [-0.4, -0.2) is 52.9 Å². The number of esters is 1. The number of ether oxygens (including phenoxy) is 2. The van der Waals surface area contributed by atoms with Crippen LogP contribution < -0.4 is 10.1 Å². The highest BCUT2D eigenvalue weighted by Gasteiger charge is 2.35. The molecular weight excluding hydrogens is 537 g/mol. The summed E-state index contributed by atoms with van der Waals surface area (Å²) in [5, 5.41) is 3.28. The van der Waals surface area contributed by atoms with Gasteiger partial charge in [0.15, 0.2) is 0 Å². The lowest BCUT2D eigenvalue weighted by Gasteiger charge is -2.40. The zero-order valence-corrected chi connectivity index (χ0v) is 24.0. The number of imidazole rings is 1. The first-order chi connectivity index (χ1) is 19.2. The van der Waals surface area contributed by atoms with E-state index in [1.807, 2.05) is 6.07 Å². The lowest BCUT2D eigenvalue weighted by atomic mass is 9.70. The third kappa shape index (κ3) is 7.71. The zero-order chi connectivity index (χ0) is 29.9. The highest BCUT2D eigenvalue weighted by molar-refractivity contribution is 5.98. The van der Waals surface area contributed by atoms with Crippen LogP contribution >= 0.6 is 0 Å². The summed E-state index contributed by atoms with van der Waals surface area (Å²) in [5.41, 5.74) is 2.57. The molecule has 0 aliphatic heterocycles. The maximum atomic E-state index is 13.3. The SMILES string of the molecule is CCOC(=O)CCN(C)C(=O)c1ccc2nc(Nc3ccc(OC(F)(F)F)cc3)n(C3CC(C)CC(C)(C)C3)c2c1. The van der Waals surface area contributed by atoms with Gasteiger partial charge < -0.3 is 24.3 Å². The van der Waals surface area contributed by atoms with Crippen LogP contribution in [0.15, 0.2) is 42.5 Å². The van der Waals surface area contributed by atoms with Crippen molar-refractivity contribution in [3.63, 3.8) is 0 Å². The van der Waals surface area contributed by atoms with Gasteiger partial charge in [0.25, 0.3) is 5.91 Å². The summed E-state index contributed by atoms with van der Waals surface area (Å²) >= 11 is 0. The molecule has 3 aromatic rings. The third-order valence-electron chi connectivity index (χ3n) is 7.31. The van der Waals surface area contributed by atoms with Crippen LogP contribution in [0.5, 0.6) is 5.75 Å². The van der Waals surface area contributed by atoms with Crippen molar-refractivity contribution < 1.29 is 32.2 Å². The van der Waals surface area contributed by atoms with Gasteiger partial charge in [-0.3, -0.25) is 9.59 Å².